The van der Waals surface area contributed by atoms with Crippen molar-refractivity contribution >= 4 is 23.2 Å². The zero-order chi connectivity index (χ0) is 14.3. The molecule has 4 nitrogen and oxygen atoms in total. The van der Waals surface area contributed by atoms with Crippen LogP contribution < -0.4 is 10.6 Å². The summed E-state index contributed by atoms with van der Waals surface area (Å²) < 4.78 is 0. The van der Waals surface area contributed by atoms with Crippen molar-refractivity contribution in [3.63, 3.8) is 0 Å². The van der Waals surface area contributed by atoms with E-state index in [1.165, 1.54) is 4.90 Å². The van der Waals surface area contributed by atoms with Gasteiger partial charge in [-0.3, -0.25) is 9.59 Å². The van der Waals surface area contributed by atoms with Crippen LogP contribution in [0, 0.1) is 0 Å². The van der Waals surface area contributed by atoms with E-state index in [-0.39, 0.29) is 11.8 Å². The van der Waals surface area contributed by atoms with E-state index in [2.05, 4.69) is 6.92 Å². The summed E-state index contributed by atoms with van der Waals surface area (Å²) in [4.78, 5) is 25.9. The molecule has 0 atom stereocenters. The molecule has 100 valence electrons. The van der Waals surface area contributed by atoms with Crippen molar-refractivity contribution in [3.05, 3.63) is 59.2 Å². The maximum Gasteiger partial charge on any atom is 0.266 e. The number of rotatable bonds is 2. The third-order valence-corrected chi connectivity index (χ3v) is 3.51. The van der Waals surface area contributed by atoms with Crippen molar-refractivity contribution in [3.8, 4) is 0 Å². The molecule has 0 unspecified atom stereocenters. The van der Waals surface area contributed by atoms with E-state index in [1.807, 2.05) is 12.1 Å². The molecule has 1 heterocycles. The second kappa shape index (κ2) is 4.49. The first kappa shape index (κ1) is 12.4. The second-order valence-corrected chi connectivity index (χ2v) is 4.77. The number of anilines is 2. The lowest BCUT2D eigenvalue weighted by Crippen LogP contribution is -2.29. The molecule has 2 aromatic rings. The lowest BCUT2D eigenvalue weighted by atomic mass is 10.1. The minimum atomic E-state index is -0.318. The number of imide groups is 1. The van der Waals surface area contributed by atoms with Gasteiger partial charge in [0, 0.05) is 5.69 Å². The van der Waals surface area contributed by atoms with Crippen LogP contribution in [0.1, 0.15) is 33.2 Å². The summed E-state index contributed by atoms with van der Waals surface area (Å²) in [5, 5.41) is 0. The Hall–Kier alpha value is -2.62. The highest BCUT2D eigenvalue weighted by Gasteiger charge is 2.36. The number of nitrogens with zero attached hydrogens (tertiary/aromatic N) is 1. The topological polar surface area (TPSA) is 63.4 Å². The Kier molecular flexibility index (Phi) is 2.79. The van der Waals surface area contributed by atoms with Crippen LogP contribution >= 0.6 is 0 Å². The van der Waals surface area contributed by atoms with Crippen LogP contribution in [-0.4, -0.2) is 11.8 Å². The number of carbonyl (C=O) groups excluding carboxylic acids is 2. The quantitative estimate of drug-likeness (QED) is 0.671. The van der Waals surface area contributed by atoms with E-state index in [4.69, 9.17) is 5.73 Å². The fourth-order valence-corrected chi connectivity index (χ4v) is 2.37. The van der Waals surface area contributed by atoms with Gasteiger partial charge in [0.2, 0.25) is 0 Å². The largest absolute Gasteiger partial charge is 0.399 e. The molecule has 2 aromatic carbocycles. The van der Waals surface area contributed by atoms with Crippen LogP contribution in [0.2, 0.25) is 0 Å². The number of hydrogen-bond acceptors (Lipinski definition) is 3. The number of nitrogen functional groups attached to an aromatic ring is 1. The number of aryl methyl sites for hydroxylation is 1. The molecule has 0 spiro atoms. The van der Waals surface area contributed by atoms with Gasteiger partial charge in [-0.05, 0) is 42.3 Å². The molecule has 20 heavy (non-hydrogen) atoms. The van der Waals surface area contributed by atoms with Gasteiger partial charge in [-0.2, -0.15) is 0 Å². The first-order valence-electron chi connectivity index (χ1n) is 6.49. The van der Waals surface area contributed by atoms with Crippen molar-refractivity contribution in [2.75, 3.05) is 10.6 Å². The molecular formula is C16H14N2O2. The number of hydrogen-bond donors (Lipinski definition) is 1. The maximum atomic E-state index is 12.4. The molecule has 0 aromatic heterocycles. The molecule has 0 bridgehead atoms. The molecule has 0 fully saturated rings. The molecule has 3 rings (SSSR count). The van der Waals surface area contributed by atoms with E-state index in [9.17, 15) is 9.59 Å². The lowest BCUT2D eigenvalue weighted by molar-refractivity contribution is 0.0926. The number of amides is 2. The van der Waals surface area contributed by atoms with E-state index in [1.54, 1.807) is 30.3 Å². The van der Waals surface area contributed by atoms with Crippen LogP contribution in [0.3, 0.4) is 0 Å². The Morgan fingerprint density at radius 3 is 2.25 bits per heavy atom. The summed E-state index contributed by atoms with van der Waals surface area (Å²) in [6.45, 7) is 2.06. The zero-order valence-corrected chi connectivity index (χ0v) is 11.1. The Morgan fingerprint density at radius 2 is 1.60 bits per heavy atom. The van der Waals surface area contributed by atoms with E-state index >= 15 is 0 Å². The molecule has 0 aliphatic carbocycles. The van der Waals surface area contributed by atoms with Crippen molar-refractivity contribution in [2.24, 2.45) is 0 Å². The summed E-state index contributed by atoms with van der Waals surface area (Å²) in [5.74, 6) is -0.615. The summed E-state index contributed by atoms with van der Waals surface area (Å²) in [7, 11) is 0. The molecule has 2 amide bonds. The Bertz CT molecular complexity index is 705. The van der Waals surface area contributed by atoms with Crippen molar-refractivity contribution < 1.29 is 9.59 Å². The number of nitrogens with two attached hydrogens (primary N) is 1. The standard InChI is InChI=1S/C16H14N2O2/c1-2-10-3-6-12(7-4-10)18-15(19)13-8-5-11(17)9-14(13)16(18)20/h3-9H,2,17H2,1H3. The number of carbonyl (C=O) groups is 2. The van der Waals surface area contributed by atoms with E-state index in [0.717, 1.165) is 12.0 Å². The maximum absolute atomic E-state index is 12.4. The van der Waals surface area contributed by atoms with Crippen LogP contribution in [0.5, 0.6) is 0 Å². The first-order chi connectivity index (χ1) is 9.61. The van der Waals surface area contributed by atoms with Gasteiger partial charge in [0.05, 0.1) is 16.8 Å². The SMILES string of the molecule is CCc1ccc(N2C(=O)c3ccc(N)cc3C2=O)cc1. The third-order valence-electron chi connectivity index (χ3n) is 3.51. The fourth-order valence-electron chi connectivity index (χ4n) is 2.37. The summed E-state index contributed by atoms with van der Waals surface area (Å²) in [6.07, 6.45) is 0.916. The molecule has 0 saturated heterocycles. The molecule has 0 saturated carbocycles. The highest BCUT2D eigenvalue weighted by atomic mass is 16.2. The van der Waals surface area contributed by atoms with Crippen molar-refractivity contribution in [2.45, 2.75) is 13.3 Å². The van der Waals surface area contributed by atoms with Gasteiger partial charge in [0.1, 0.15) is 0 Å². The van der Waals surface area contributed by atoms with Crippen LogP contribution in [-0.2, 0) is 6.42 Å². The van der Waals surface area contributed by atoms with E-state index < -0.39 is 0 Å². The van der Waals surface area contributed by atoms with Gasteiger partial charge < -0.3 is 5.73 Å². The monoisotopic (exact) mass is 266 g/mol. The molecular weight excluding hydrogens is 252 g/mol. The molecule has 1 aliphatic heterocycles. The highest BCUT2D eigenvalue weighted by molar-refractivity contribution is 6.34. The second-order valence-electron chi connectivity index (χ2n) is 4.77. The average molecular weight is 266 g/mol. The predicted octanol–water partition coefficient (Wildman–Crippen LogP) is 2.63. The minimum Gasteiger partial charge on any atom is -0.399 e. The van der Waals surface area contributed by atoms with Gasteiger partial charge in [-0.1, -0.05) is 19.1 Å². The van der Waals surface area contributed by atoms with E-state index in [0.29, 0.717) is 22.5 Å². The van der Waals surface area contributed by atoms with Gasteiger partial charge in [-0.25, -0.2) is 4.90 Å². The number of fused-ring (bicyclic) bond motifs is 1. The van der Waals surface area contributed by atoms with Gasteiger partial charge in [-0.15, -0.1) is 0 Å². The van der Waals surface area contributed by atoms with Crippen LogP contribution in [0.25, 0.3) is 0 Å². The average Bonchev–Trinajstić information content (AvgIpc) is 2.71. The molecule has 4 heteroatoms. The summed E-state index contributed by atoms with van der Waals surface area (Å²) >= 11 is 0. The Balaban J connectivity index is 2.04. The Labute approximate surface area is 116 Å². The van der Waals surface area contributed by atoms with Gasteiger partial charge >= 0.3 is 0 Å². The third kappa shape index (κ3) is 1.77. The van der Waals surface area contributed by atoms with Crippen LogP contribution in [0.15, 0.2) is 42.5 Å². The van der Waals surface area contributed by atoms with Crippen molar-refractivity contribution in [1.29, 1.82) is 0 Å². The van der Waals surface area contributed by atoms with Gasteiger partial charge in [0.15, 0.2) is 0 Å². The summed E-state index contributed by atoms with van der Waals surface area (Å²) in [6, 6.07) is 12.2. The predicted molar refractivity (Wildman–Crippen MR) is 77.8 cm³/mol. The van der Waals surface area contributed by atoms with Crippen LogP contribution in [0.4, 0.5) is 11.4 Å². The fraction of sp³-hybridized carbons (Fsp3) is 0.125. The van der Waals surface area contributed by atoms with Crippen molar-refractivity contribution in [1.82, 2.24) is 0 Å². The molecule has 1 aliphatic rings. The highest BCUT2D eigenvalue weighted by Crippen LogP contribution is 2.29. The molecule has 2 N–H and O–H groups in total. The van der Waals surface area contributed by atoms with Gasteiger partial charge in [0.25, 0.3) is 11.8 Å². The Morgan fingerprint density at radius 1 is 0.950 bits per heavy atom. The summed E-state index contributed by atoms with van der Waals surface area (Å²) in [5.41, 5.74) is 8.69. The minimum absolute atomic E-state index is 0.297. The normalized spacial score (nSPS) is 13.8. The smallest absolute Gasteiger partial charge is 0.266 e. The zero-order valence-electron chi connectivity index (χ0n) is 11.1. The molecule has 0 radical (unpaired) electrons. The number of benzene rings is 2. The first-order valence-corrected chi connectivity index (χ1v) is 6.49. The lowest BCUT2D eigenvalue weighted by Gasteiger charge is -2.14.